The van der Waals surface area contributed by atoms with E-state index in [4.69, 9.17) is 5.73 Å². The molecule has 1 heterocycles. The Labute approximate surface area is 74.9 Å². The first-order valence-electron chi connectivity index (χ1n) is 4.52. The quantitative estimate of drug-likeness (QED) is 0.677. The summed E-state index contributed by atoms with van der Waals surface area (Å²) < 4.78 is 37.4. The molecule has 76 valence electrons. The molecule has 2 N–H and O–H groups in total. The van der Waals surface area contributed by atoms with Gasteiger partial charge < -0.3 is 5.73 Å². The van der Waals surface area contributed by atoms with Crippen molar-refractivity contribution in [3.8, 4) is 0 Å². The maximum Gasteiger partial charge on any atom is 0.407 e. The maximum absolute atomic E-state index is 12.5. The molecule has 0 aromatic heterocycles. The van der Waals surface area contributed by atoms with Crippen molar-refractivity contribution in [2.45, 2.75) is 37.0 Å². The van der Waals surface area contributed by atoms with E-state index in [0.29, 0.717) is 12.6 Å². The van der Waals surface area contributed by atoms with E-state index in [1.807, 2.05) is 4.90 Å². The fourth-order valence-corrected chi connectivity index (χ4v) is 1.85. The second-order valence-electron chi connectivity index (χ2n) is 4.11. The van der Waals surface area contributed by atoms with Gasteiger partial charge in [-0.3, -0.25) is 4.90 Å². The minimum atomic E-state index is -4.25. The summed E-state index contributed by atoms with van der Waals surface area (Å²) in [4.78, 5) is 1.87. The van der Waals surface area contributed by atoms with Crippen LogP contribution in [0, 0.1) is 0 Å². The Bertz CT molecular complexity index is 212. The van der Waals surface area contributed by atoms with Crippen LogP contribution in [0.2, 0.25) is 0 Å². The molecule has 0 bridgehead atoms. The van der Waals surface area contributed by atoms with Gasteiger partial charge in [0.05, 0.1) is 0 Å². The van der Waals surface area contributed by atoms with Crippen LogP contribution in [0.5, 0.6) is 0 Å². The lowest BCUT2D eigenvalue weighted by Gasteiger charge is -2.27. The number of hydrogen-bond acceptors (Lipinski definition) is 2. The third kappa shape index (κ3) is 1.55. The zero-order valence-corrected chi connectivity index (χ0v) is 7.27. The van der Waals surface area contributed by atoms with Crippen LogP contribution in [-0.2, 0) is 0 Å². The Kier molecular flexibility index (Phi) is 1.86. The summed E-state index contributed by atoms with van der Waals surface area (Å²) >= 11 is 0. The van der Waals surface area contributed by atoms with Gasteiger partial charge in [0.25, 0.3) is 0 Å². The third-order valence-electron chi connectivity index (χ3n) is 2.96. The summed E-state index contributed by atoms with van der Waals surface area (Å²) in [5.74, 6) is 0. The second-order valence-corrected chi connectivity index (χ2v) is 4.11. The molecule has 1 aliphatic heterocycles. The molecule has 2 aliphatic rings. The standard InChI is InChI=1S/C8H13F3N2/c9-8(10,11)7(12)3-4-13(5-7)6-1-2-6/h6H,1-5,12H2. The Morgan fingerprint density at radius 1 is 1.31 bits per heavy atom. The molecule has 0 amide bonds. The molecule has 0 aromatic carbocycles. The average molecular weight is 194 g/mol. The molecular weight excluding hydrogens is 181 g/mol. The van der Waals surface area contributed by atoms with Crippen LogP contribution in [-0.4, -0.2) is 35.7 Å². The Balaban J connectivity index is 2.02. The minimum absolute atomic E-state index is 0.0127. The van der Waals surface area contributed by atoms with Gasteiger partial charge in [0.15, 0.2) is 0 Å². The van der Waals surface area contributed by atoms with Crippen molar-refractivity contribution < 1.29 is 13.2 Å². The molecule has 0 radical (unpaired) electrons. The van der Waals surface area contributed by atoms with E-state index in [9.17, 15) is 13.2 Å². The van der Waals surface area contributed by atoms with Gasteiger partial charge in [-0.1, -0.05) is 0 Å². The topological polar surface area (TPSA) is 29.3 Å². The van der Waals surface area contributed by atoms with E-state index >= 15 is 0 Å². The number of hydrogen-bond donors (Lipinski definition) is 1. The van der Waals surface area contributed by atoms with Gasteiger partial charge in [-0.05, 0) is 19.3 Å². The lowest BCUT2D eigenvalue weighted by atomic mass is 10.00. The van der Waals surface area contributed by atoms with Crippen LogP contribution < -0.4 is 5.73 Å². The highest BCUT2D eigenvalue weighted by Crippen LogP contribution is 2.39. The summed E-state index contributed by atoms with van der Waals surface area (Å²) in [6.07, 6.45) is -2.13. The lowest BCUT2D eigenvalue weighted by molar-refractivity contribution is -0.181. The van der Waals surface area contributed by atoms with Gasteiger partial charge >= 0.3 is 6.18 Å². The number of alkyl halides is 3. The van der Waals surface area contributed by atoms with Crippen molar-refractivity contribution in [2.75, 3.05) is 13.1 Å². The van der Waals surface area contributed by atoms with Gasteiger partial charge in [0, 0.05) is 19.1 Å². The van der Waals surface area contributed by atoms with E-state index in [1.54, 1.807) is 0 Å². The molecule has 0 spiro atoms. The minimum Gasteiger partial charge on any atom is -0.317 e. The first kappa shape index (κ1) is 9.27. The molecule has 1 saturated heterocycles. The van der Waals surface area contributed by atoms with E-state index < -0.39 is 11.7 Å². The molecular formula is C8H13F3N2. The highest BCUT2D eigenvalue weighted by molar-refractivity contribution is 5.03. The fraction of sp³-hybridized carbons (Fsp3) is 1.00. The Morgan fingerprint density at radius 2 is 1.92 bits per heavy atom. The number of rotatable bonds is 1. The highest BCUT2D eigenvalue weighted by Gasteiger charge is 2.56. The normalized spacial score (nSPS) is 36.9. The smallest absolute Gasteiger partial charge is 0.317 e. The van der Waals surface area contributed by atoms with Crippen molar-refractivity contribution >= 4 is 0 Å². The molecule has 2 nitrogen and oxygen atoms in total. The highest BCUT2D eigenvalue weighted by atomic mass is 19.4. The fourth-order valence-electron chi connectivity index (χ4n) is 1.85. The summed E-state index contributed by atoms with van der Waals surface area (Å²) in [5.41, 5.74) is 3.38. The zero-order chi connectivity index (χ0) is 9.69. The van der Waals surface area contributed by atoms with E-state index in [2.05, 4.69) is 0 Å². The van der Waals surface area contributed by atoms with Crippen LogP contribution in [0.25, 0.3) is 0 Å². The van der Waals surface area contributed by atoms with Crippen LogP contribution in [0.4, 0.5) is 13.2 Å². The van der Waals surface area contributed by atoms with Gasteiger partial charge in [0.2, 0.25) is 0 Å². The summed E-state index contributed by atoms with van der Waals surface area (Å²) in [6.45, 7) is 0.488. The maximum atomic E-state index is 12.5. The third-order valence-corrected chi connectivity index (χ3v) is 2.96. The first-order chi connectivity index (χ1) is 5.92. The van der Waals surface area contributed by atoms with Crippen molar-refractivity contribution in [3.05, 3.63) is 0 Å². The average Bonchev–Trinajstić information content (AvgIpc) is 2.74. The lowest BCUT2D eigenvalue weighted by Crippen LogP contribution is -2.55. The molecule has 1 unspecified atom stereocenters. The summed E-state index contributed by atoms with van der Waals surface area (Å²) in [6, 6.07) is 0.382. The van der Waals surface area contributed by atoms with E-state index in [1.165, 1.54) is 0 Å². The predicted octanol–water partition coefficient (Wildman–Crippen LogP) is 1.11. The second kappa shape index (κ2) is 2.60. The first-order valence-corrected chi connectivity index (χ1v) is 4.52. The molecule has 2 fully saturated rings. The van der Waals surface area contributed by atoms with Gasteiger partial charge in [-0.2, -0.15) is 13.2 Å². The largest absolute Gasteiger partial charge is 0.407 e. The SMILES string of the molecule is NC1(C(F)(F)F)CCN(C2CC2)C1. The van der Waals surface area contributed by atoms with Gasteiger partial charge in [-0.25, -0.2) is 0 Å². The Hall–Kier alpha value is -0.290. The molecule has 5 heteroatoms. The van der Waals surface area contributed by atoms with Crippen LogP contribution >= 0.6 is 0 Å². The molecule has 2 rings (SSSR count). The van der Waals surface area contributed by atoms with Crippen molar-refractivity contribution in [1.82, 2.24) is 4.90 Å². The zero-order valence-electron chi connectivity index (χ0n) is 7.27. The summed E-state index contributed by atoms with van der Waals surface area (Å²) in [5, 5.41) is 0. The molecule has 1 saturated carbocycles. The van der Waals surface area contributed by atoms with Crippen molar-refractivity contribution in [1.29, 1.82) is 0 Å². The Morgan fingerprint density at radius 3 is 2.31 bits per heavy atom. The number of halogens is 3. The predicted molar refractivity (Wildman–Crippen MR) is 42.2 cm³/mol. The van der Waals surface area contributed by atoms with E-state index in [-0.39, 0.29) is 13.0 Å². The van der Waals surface area contributed by atoms with Crippen LogP contribution in [0.3, 0.4) is 0 Å². The molecule has 13 heavy (non-hydrogen) atoms. The number of nitrogens with two attached hydrogens (primary N) is 1. The van der Waals surface area contributed by atoms with Gasteiger partial charge in [-0.15, -0.1) is 0 Å². The van der Waals surface area contributed by atoms with Gasteiger partial charge in [0.1, 0.15) is 5.54 Å². The molecule has 0 aromatic rings. The summed E-state index contributed by atoms with van der Waals surface area (Å²) in [7, 11) is 0. The monoisotopic (exact) mass is 194 g/mol. The van der Waals surface area contributed by atoms with Crippen LogP contribution in [0.1, 0.15) is 19.3 Å². The molecule has 1 atom stereocenters. The van der Waals surface area contributed by atoms with Crippen LogP contribution in [0.15, 0.2) is 0 Å². The van der Waals surface area contributed by atoms with E-state index in [0.717, 1.165) is 12.8 Å². The van der Waals surface area contributed by atoms with Crippen molar-refractivity contribution in [2.24, 2.45) is 5.73 Å². The number of nitrogens with zero attached hydrogens (tertiary/aromatic N) is 1. The molecule has 1 aliphatic carbocycles. The van der Waals surface area contributed by atoms with Crippen molar-refractivity contribution in [3.63, 3.8) is 0 Å². The number of likely N-dealkylation sites (tertiary alicyclic amines) is 1.